The van der Waals surface area contributed by atoms with E-state index in [1.807, 2.05) is 30.5 Å². The van der Waals surface area contributed by atoms with E-state index in [1.165, 1.54) is 5.69 Å². The molecule has 1 aliphatic heterocycles. The van der Waals surface area contributed by atoms with E-state index < -0.39 is 0 Å². The van der Waals surface area contributed by atoms with Gasteiger partial charge in [0.2, 0.25) is 0 Å². The number of fused-ring (bicyclic) bond motifs is 1. The molecule has 7 nitrogen and oxygen atoms in total. The van der Waals surface area contributed by atoms with Crippen LogP contribution in [-0.4, -0.2) is 66.1 Å². The van der Waals surface area contributed by atoms with Gasteiger partial charge in [0.15, 0.2) is 0 Å². The van der Waals surface area contributed by atoms with Gasteiger partial charge in [0, 0.05) is 44.5 Å². The zero-order valence-electron chi connectivity index (χ0n) is 18.2. The zero-order chi connectivity index (χ0) is 21.5. The van der Waals surface area contributed by atoms with Crippen molar-refractivity contribution in [1.29, 1.82) is 0 Å². The number of hydrogen-bond donors (Lipinski definition) is 1. The smallest absolute Gasteiger partial charge is 0.142 e. The van der Waals surface area contributed by atoms with Gasteiger partial charge in [-0.25, -0.2) is 4.52 Å². The predicted octanol–water partition coefficient (Wildman–Crippen LogP) is 2.95. The zero-order valence-corrected chi connectivity index (χ0v) is 18.2. The van der Waals surface area contributed by atoms with E-state index in [0.29, 0.717) is 6.61 Å². The number of methoxy groups -OCH3 is 1. The lowest BCUT2D eigenvalue weighted by atomic mass is 10.2. The third kappa shape index (κ3) is 5.36. The molecule has 0 radical (unpaired) electrons. The number of hydrogen-bond acceptors (Lipinski definition) is 6. The minimum atomic E-state index is 0.000956. The van der Waals surface area contributed by atoms with Gasteiger partial charge in [-0.3, -0.25) is 4.90 Å². The summed E-state index contributed by atoms with van der Waals surface area (Å²) in [6.07, 6.45) is 5.82. The average Bonchev–Trinajstić information content (AvgIpc) is 3.24. The molecule has 0 unspecified atom stereocenters. The number of aliphatic hydroxyl groups excluding tert-OH is 1. The van der Waals surface area contributed by atoms with Crippen molar-refractivity contribution in [1.82, 2.24) is 14.5 Å². The third-order valence-electron chi connectivity index (χ3n) is 5.92. The Balaban J connectivity index is 1.13. The monoisotopic (exact) mass is 424 g/mol. The van der Waals surface area contributed by atoms with E-state index in [9.17, 15) is 5.11 Å². The standard InChI is InChI=1S/C24H32N4O3/c1-30-24-7-3-2-6-22(24)27-13-11-26(12-14-27)9-4-5-15-31-19-20-8-10-28-23(16-20)21(18-29)17-25-28/h2-3,6-8,10,16-17,29H,4-5,9,11-15,18-19H2,1H3. The van der Waals surface area contributed by atoms with Gasteiger partial charge in [-0.05, 0) is 49.2 Å². The Morgan fingerprint density at radius 2 is 1.90 bits per heavy atom. The Morgan fingerprint density at radius 3 is 2.71 bits per heavy atom. The highest BCUT2D eigenvalue weighted by atomic mass is 16.5. The second-order valence-corrected chi connectivity index (χ2v) is 7.95. The van der Waals surface area contributed by atoms with Crippen molar-refractivity contribution in [3.05, 3.63) is 59.9 Å². The highest BCUT2D eigenvalue weighted by molar-refractivity contribution is 5.58. The number of pyridine rings is 1. The summed E-state index contributed by atoms with van der Waals surface area (Å²) >= 11 is 0. The Hall–Kier alpha value is -2.61. The number of piperazine rings is 1. The first-order valence-electron chi connectivity index (χ1n) is 11.0. The highest BCUT2D eigenvalue weighted by Crippen LogP contribution is 2.28. The molecular formula is C24H32N4O3. The lowest BCUT2D eigenvalue weighted by Gasteiger charge is -2.36. The summed E-state index contributed by atoms with van der Waals surface area (Å²) < 4.78 is 13.2. The van der Waals surface area contributed by atoms with Crippen molar-refractivity contribution in [2.24, 2.45) is 0 Å². The van der Waals surface area contributed by atoms with Crippen LogP contribution in [0.1, 0.15) is 24.0 Å². The fourth-order valence-electron chi connectivity index (χ4n) is 4.12. The molecule has 0 atom stereocenters. The largest absolute Gasteiger partial charge is 0.495 e. The SMILES string of the molecule is COc1ccccc1N1CCN(CCCCOCc2ccn3ncc(CO)c3c2)CC1. The molecule has 0 bridgehead atoms. The molecular weight excluding hydrogens is 392 g/mol. The number of rotatable bonds is 10. The van der Waals surface area contributed by atoms with Crippen LogP contribution < -0.4 is 9.64 Å². The van der Waals surface area contributed by atoms with Crippen molar-refractivity contribution in [2.75, 3.05) is 51.3 Å². The summed E-state index contributed by atoms with van der Waals surface area (Å²) in [6.45, 7) is 6.69. The topological polar surface area (TPSA) is 62.5 Å². The number of nitrogens with zero attached hydrogens (tertiary/aromatic N) is 4. The fraction of sp³-hybridized carbons (Fsp3) is 0.458. The number of para-hydroxylation sites is 2. The molecule has 0 amide bonds. The molecule has 0 spiro atoms. The van der Waals surface area contributed by atoms with E-state index in [-0.39, 0.29) is 6.61 Å². The van der Waals surface area contributed by atoms with Crippen LogP contribution in [0.4, 0.5) is 5.69 Å². The maximum Gasteiger partial charge on any atom is 0.142 e. The summed E-state index contributed by atoms with van der Waals surface area (Å²) in [5, 5.41) is 13.6. The minimum Gasteiger partial charge on any atom is -0.495 e. The van der Waals surface area contributed by atoms with Crippen LogP contribution in [0.15, 0.2) is 48.8 Å². The highest BCUT2D eigenvalue weighted by Gasteiger charge is 2.19. The van der Waals surface area contributed by atoms with Gasteiger partial charge in [-0.2, -0.15) is 5.10 Å². The molecule has 7 heteroatoms. The lowest BCUT2D eigenvalue weighted by molar-refractivity contribution is 0.114. The van der Waals surface area contributed by atoms with Crippen LogP contribution in [0.2, 0.25) is 0 Å². The predicted molar refractivity (Wildman–Crippen MR) is 122 cm³/mol. The Labute approximate surface area is 183 Å². The van der Waals surface area contributed by atoms with Crippen LogP contribution in [0, 0.1) is 0 Å². The lowest BCUT2D eigenvalue weighted by Crippen LogP contribution is -2.46. The number of aliphatic hydroxyl groups is 1. The van der Waals surface area contributed by atoms with Crippen LogP contribution in [0.25, 0.3) is 5.52 Å². The van der Waals surface area contributed by atoms with Gasteiger partial charge in [0.1, 0.15) is 5.75 Å². The van der Waals surface area contributed by atoms with Gasteiger partial charge in [-0.1, -0.05) is 12.1 Å². The number of aromatic nitrogens is 2. The van der Waals surface area contributed by atoms with Crippen molar-refractivity contribution >= 4 is 11.2 Å². The summed E-state index contributed by atoms with van der Waals surface area (Å²) in [6, 6.07) is 12.3. The summed E-state index contributed by atoms with van der Waals surface area (Å²) in [5.74, 6) is 0.952. The first-order valence-corrected chi connectivity index (χ1v) is 11.0. The van der Waals surface area contributed by atoms with Crippen LogP contribution in [0.3, 0.4) is 0 Å². The Morgan fingerprint density at radius 1 is 1.06 bits per heavy atom. The third-order valence-corrected chi connectivity index (χ3v) is 5.92. The molecule has 1 aromatic carbocycles. The fourth-order valence-corrected chi connectivity index (χ4v) is 4.12. The number of anilines is 1. The second-order valence-electron chi connectivity index (χ2n) is 7.95. The molecule has 2 aromatic heterocycles. The van der Waals surface area contributed by atoms with Crippen LogP contribution in [-0.2, 0) is 18.0 Å². The number of ether oxygens (including phenoxy) is 2. The molecule has 3 heterocycles. The quantitative estimate of drug-likeness (QED) is 0.505. The molecule has 1 aliphatic rings. The molecule has 166 valence electrons. The molecule has 4 rings (SSSR count). The summed E-state index contributed by atoms with van der Waals surface area (Å²) in [4.78, 5) is 4.95. The van der Waals surface area contributed by atoms with Crippen molar-refractivity contribution < 1.29 is 14.6 Å². The van der Waals surface area contributed by atoms with E-state index >= 15 is 0 Å². The van der Waals surface area contributed by atoms with E-state index in [1.54, 1.807) is 17.8 Å². The van der Waals surface area contributed by atoms with E-state index in [0.717, 1.165) is 74.6 Å². The molecule has 0 saturated carbocycles. The molecule has 3 aromatic rings. The number of benzene rings is 1. The second kappa shape index (κ2) is 10.6. The Bertz CT molecular complexity index is 966. The van der Waals surface area contributed by atoms with Crippen LogP contribution in [0.5, 0.6) is 5.75 Å². The normalized spacial score (nSPS) is 15.0. The maximum atomic E-state index is 9.40. The molecule has 1 N–H and O–H groups in total. The first-order chi connectivity index (χ1) is 15.3. The molecule has 0 aliphatic carbocycles. The molecule has 1 fully saturated rings. The van der Waals surface area contributed by atoms with Crippen LogP contribution >= 0.6 is 0 Å². The molecule has 31 heavy (non-hydrogen) atoms. The first kappa shape index (κ1) is 21.6. The van der Waals surface area contributed by atoms with E-state index in [2.05, 4.69) is 27.0 Å². The number of unbranched alkanes of at least 4 members (excludes halogenated alkanes) is 1. The van der Waals surface area contributed by atoms with Gasteiger partial charge < -0.3 is 19.5 Å². The van der Waals surface area contributed by atoms with Crippen molar-refractivity contribution in [2.45, 2.75) is 26.1 Å². The Kier molecular flexibility index (Phi) is 7.40. The minimum absolute atomic E-state index is 0.000956. The van der Waals surface area contributed by atoms with Gasteiger partial charge in [-0.15, -0.1) is 0 Å². The molecule has 1 saturated heterocycles. The van der Waals surface area contributed by atoms with Crippen molar-refractivity contribution in [3.63, 3.8) is 0 Å². The summed E-state index contributed by atoms with van der Waals surface area (Å²) in [5.41, 5.74) is 4.08. The van der Waals surface area contributed by atoms with Gasteiger partial charge in [0.05, 0.1) is 37.7 Å². The van der Waals surface area contributed by atoms with Gasteiger partial charge in [0.25, 0.3) is 0 Å². The van der Waals surface area contributed by atoms with Gasteiger partial charge >= 0.3 is 0 Å². The maximum absolute atomic E-state index is 9.40. The van der Waals surface area contributed by atoms with E-state index in [4.69, 9.17) is 9.47 Å². The summed E-state index contributed by atoms with van der Waals surface area (Å²) in [7, 11) is 1.74. The average molecular weight is 425 g/mol. The van der Waals surface area contributed by atoms with Crippen molar-refractivity contribution in [3.8, 4) is 5.75 Å².